The van der Waals surface area contributed by atoms with E-state index in [9.17, 15) is 4.79 Å². The molecule has 0 aromatic heterocycles. The van der Waals surface area contributed by atoms with Crippen LogP contribution in [0.25, 0.3) is 0 Å². The molecule has 21 heavy (non-hydrogen) atoms. The quantitative estimate of drug-likeness (QED) is 0.439. The lowest BCUT2D eigenvalue weighted by Crippen LogP contribution is -2.37. The molecule has 1 N–H and O–H groups in total. The lowest BCUT2D eigenvalue weighted by molar-refractivity contribution is -0.156. The van der Waals surface area contributed by atoms with Crippen LogP contribution in [-0.2, 0) is 9.53 Å². The zero-order chi connectivity index (χ0) is 15.1. The lowest BCUT2D eigenvalue weighted by atomic mass is 9.86. The summed E-state index contributed by atoms with van der Waals surface area (Å²) < 4.78 is 5.73. The van der Waals surface area contributed by atoms with Crippen LogP contribution >= 0.6 is 15.9 Å². The Hall–Kier alpha value is -0.0900. The molecule has 0 radical (unpaired) electrons. The van der Waals surface area contributed by atoms with E-state index in [0.717, 1.165) is 57.9 Å². The van der Waals surface area contributed by atoms with Gasteiger partial charge in [-0.1, -0.05) is 29.3 Å². The number of hydrogen-bond acceptors (Lipinski definition) is 3. The molecule has 3 nitrogen and oxygen atoms in total. The van der Waals surface area contributed by atoms with Crippen LogP contribution in [0, 0.1) is 5.92 Å². The Kier molecular flexibility index (Phi) is 7.51. The smallest absolute Gasteiger partial charge is 0.309 e. The normalized spacial score (nSPS) is 33.6. The van der Waals surface area contributed by atoms with Gasteiger partial charge in [-0.15, -0.1) is 0 Å². The van der Waals surface area contributed by atoms with Gasteiger partial charge in [-0.3, -0.25) is 4.79 Å². The van der Waals surface area contributed by atoms with Gasteiger partial charge in [0.15, 0.2) is 0 Å². The van der Waals surface area contributed by atoms with Crippen molar-refractivity contribution in [2.45, 2.75) is 88.1 Å². The van der Waals surface area contributed by atoms with E-state index in [0.29, 0.717) is 10.9 Å². The second-order valence-electron chi connectivity index (χ2n) is 6.67. The van der Waals surface area contributed by atoms with Gasteiger partial charge in [0.05, 0.1) is 5.92 Å². The molecule has 0 amide bonds. The number of hydrogen-bond donors (Lipinski definition) is 1. The van der Waals surface area contributed by atoms with E-state index >= 15 is 0 Å². The number of alkyl halides is 1. The summed E-state index contributed by atoms with van der Waals surface area (Å²) in [5.74, 6) is 0.218. The van der Waals surface area contributed by atoms with E-state index in [1.807, 2.05) is 0 Å². The number of carbonyl (C=O) groups excluding carboxylic acids is 1. The molecular weight excluding hydrogens is 330 g/mol. The molecule has 0 aromatic rings. The van der Waals surface area contributed by atoms with Crippen LogP contribution < -0.4 is 5.32 Å². The van der Waals surface area contributed by atoms with Gasteiger partial charge in [0.25, 0.3) is 0 Å². The monoisotopic (exact) mass is 359 g/mol. The summed E-state index contributed by atoms with van der Waals surface area (Å²) in [5, 5.41) is 3.61. The molecule has 0 aromatic carbocycles. The Balaban J connectivity index is 1.63. The summed E-state index contributed by atoms with van der Waals surface area (Å²) in [6.45, 7) is 3.34. The fourth-order valence-corrected chi connectivity index (χ4v) is 3.95. The van der Waals surface area contributed by atoms with Crippen molar-refractivity contribution >= 4 is 21.9 Å². The maximum atomic E-state index is 12.3. The molecule has 0 saturated heterocycles. The molecule has 2 aliphatic rings. The Morgan fingerprint density at radius 1 is 1.10 bits per heavy atom. The van der Waals surface area contributed by atoms with Crippen LogP contribution in [0.15, 0.2) is 0 Å². The van der Waals surface area contributed by atoms with E-state index < -0.39 is 0 Å². The summed E-state index contributed by atoms with van der Waals surface area (Å²) in [6.07, 6.45) is 11.2. The highest BCUT2D eigenvalue weighted by atomic mass is 79.9. The van der Waals surface area contributed by atoms with Crippen LogP contribution in [0.1, 0.15) is 71.1 Å². The summed E-state index contributed by atoms with van der Waals surface area (Å²) in [7, 11) is 0. The molecule has 2 aliphatic carbocycles. The van der Waals surface area contributed by atoms with Gasteiger partial charge in [-0.25, -0.2) is 0 Å². The summed E-state index contributed by atoms with van der Waals surface area (Å²) in [6, 6.07) is 0.615. The van der Waals surface area contributed by atoms with E-state index in [1.54, 1.807) is 0 Å². The van der Waals surface area contributed by atoms with Gasteiger partial charge >= 0.3 is 5.97 Å². The van der Waals surface area contributed by atoms with Crippen molar-refractivity contribution in [1.29, 1.82) is 0 Å². The minimum atomic E-state index is 0.0695. The van der Waals surface area contributed by atoms with E-state index in [2.05, 4.69) is 28.2 Å². The maximum absolute atomic E-state index is 12.3. The van der Waals surface area contributed by atoms with Crippen molar-refractivity contribution in [2.24, 2.45) is 5.92 Å². The Morgan fingerprint density at radius 2 is 1.76 bits per heavy atom. The SMILES string of the molecule is CCCCNC1CCC(C(=O)OC2CCC(Br)CC2)CC1. The van der Waals surface area contributed by atoms with Crippen LogP contribution in [0.4, 0.5) is 0 Å². The highest BCUT2D eigenvalue weighted by Gasteiger charge is 2.30. The summed E-state index contributed by atoms with van der Waals surface area (Å²) >= 11 is 3.64. The molecule has 4 heteroatoms. The standard InChI is InChI=1S/C17H30BrNO2/c1-2-3-12-19-15-8-4-13(5-9-15)17(20)21-16-10-6-14(18)7-11-16/h13-16,19H,2-12H2,1H3. The van der Waals surface area contributed by atoms with E-state index in [-0.39, 0.29) is 18.0 Å². The largest absolute Gasteiger partial charge is 0.462 e. The zero-order valence-electron chi connectivity index (χ0n) is 13.3. The second-order valence-corrected chi connectivity index (χ2v) is 7.96. The third-order valence-corrected chi connectivity index (χ3v) is 5.83. The van der Waals surface area contributed by atoms with E-state index in [4.69, 9.17) is 4.74 Å². The Labute approximate surface area is 137 Å². The Bertz CT molecular complexity index is 308. The van der Waals surface area contributed by atoms with Crippen molar-refractivity contribution in [3.63, 3.8) is 0 Å². The van der Waals surface area contributed by atoms with Gasteiger partial charge in [0.1, 0.15) is 6.10 Å². The number of rotatable bonds is 6. The summed E-state index contributed by atoms with van der Waals surface area (Å²) in [4.78, 5) is 12.9. The fraction of sp³-hybridized carbons (Fsp3) is 0.941. The highest BCUT2D eigenvalue weighted by Crippen LogP contribution is 2.29. The fourth-order valence-electron chi connectivity index (χ4n) is 3.42. The molecule has 122 valence electrons. The maximum Gasteiger partial charge on any atom is 0.309 e. The molecular formula is C17H30BrNO2. The third-order valence-electron chi connectivity index (χ3n) is 4.91. The van der Waals surface area contributed by atoms with Crippen molar-refractivity contribution in [3.8, 4) is 0 Å². The minimum Gasteiger partial charge on any atom is -0.462 e. The zero-order valence-corrected chi connectivity index (χ0v) is 14.9. The number of ether oxygens (including phenoxy) is 1. The lowest BCUT2D eigenvalue weighted by Gasteiger charge is -2.30. The van der Waals surface area contributed by atoms with Gasteiger partial charge in [0, 0.05) is 10.9 Å². The Morgan fingerprint density at radius 3 is 2.38 bits per heavy atom. The topological polar surface area (TPSA) is 38.3 Å². The average molecular weight is 360 g/mol. The molecule has 0 aliphatic heterocycles. The molecule has 0 bridgehead atoms. The van der Waals surface area contributed by atoms with Crippen molar-refractivity contribution in [2.75, 3.05) is 6.54 Å². The molecule has 0 unspecified atom stereocenters. The second kappa shape index (κ2) is 9.14. The van der Waals surface area contributed by atoms with E-state index in [1.165, 1.54) is 12.8 Å². The van der Waals surface area contributed by atoms with Crippen LogP contribution in [0.3, 0.4) is 0 Å². The number of unbranched alkanes of at least 4 members (excludes halogenated alkanes) is 1. The first-order valence-electron chi connectivity index (χ1n) is 8.77. The van der Waals surface area contributed by atoms with Gasteiger partial charge < -0.3 is 10.1 Å². The highest BCUT2D eigenvalue weighted by molar-refractivity contribution is 9.09. The predicted molar refractivity (Wildman–Crippen MR) is 89.7 cm³/mol. The first-order chi connectivity index (χ1) is 10.2. The molecule has 0 heterocycles. The molecule has 2 rings (SSSR count). The molecule has 2 fully saturated rings. The number of nitrogens with one attached hydrogen (secondary N) is 1. The number of carbonyl (C=O) groups is 1. The van der Waals surface area contributed by atoms with Gasteiger partial charge in [0.2, 0.25) is 0 Å². The first-order valence-corrected chi connectivity index (χ1v) is 9.68. The van der Waals surface area contributed by atoms with Crippen molar-refractivity contribution in [1.82, 2.24) is 5.32 Å². The van der Waals surface area contributed by atoms with Gasteiger partial charge in [-0.2, -0.15) is 0 Å². The molecule has 0 atom stereocenters. The number of esters is 1. The number of halogens is 1. The third kappa shape index (κ3) is 5.90. The van der Waals surface area contributed by atoms with Crippen LogP contribution in [-0.4, -0.2) is 29.5 Å². The molecule has 0 spiro atoms. The minimum absolute atomic E-state index is 0.0695. The summed E-state index contributed by atoms with van der Waals surface area (Å²) in [5.41, 5.74) is 0. The van der Waals surface area contributed by atoms with Crippen LogP contribution in [0.5, 0.6) is 0 Å². The first kappa shape index (κ1) is 17.3. The van der Waals surface area contributed by atoms with Gasteiger partial charge in [-0.05, 0) is 64.3 Å². The van der Waals surface area contributed by atoms with Crippen molar-refractivity contribution < 1.29 is 9.53 Å². The predicted octanol–water partition coefficient (Wildman–Crippen LogP) is 4.18. The average Bonchev–Trinajstić information content (AvgIpc) is 2.50. The van der Waals surface area contributed by atoms with Crippen molar-refractivity contribution in [3.05, 3.63) is 0 Å². The van der Waals surface area contributed by atoms with Crippen LogP contribution in [0.2, 0.25) is 0 Å². The molecule has 2 saturated carbocycles.